The van der Waals surface area contributed by atoms with Crippen molar-refractivity contribution in [2.24, 2.45) is 0 Å². The molecule has 5 rings (SSSR count). The molecule has 1 aliphatic heterocycles. The van der Waals surface area contributed by atoms with E-state index in [2.05, 4.69) is 16.4 Å². The summed E-state index contributed by atoms with van der Waals surface area (Å²) in [6.07, 6.45) is 1.49. The summed E-state index contributed by atoms with van der Waals surface area (Å²) < 4.78 is 0. The minimum atomic E-state index is -1.02. The molecule has 0 bridgehead atoms. The SMILES string of the molecule is Cc1cc([C@@H](C)Nc2ccccc2C(=O)O)c2nc(N(C)C3CCCN(Cc4ccccc4)C3=O)c(C#N)nc2c1. The van der Waals surface area contributed by atoms with E-state index in [0.717, 1.165) is 23.1 Å². The van der Waals surface area contributed by atoms with Gasteiger partial charge >= 0.3 is 5.97 Å². The summed E-state index contributed by atoms with van der Waals surface area (Å²) in [6, 6.07) is 21.9. The first kappa shape index (κ1) is 27.6. The lowest BCUT2D eigenvalue weighted by Gasteiger charge is -2.37. The highest BCUT2D eigenvalue weighted by Gasteiger charge is 2.34. The van der Waals surface area contributed by atoms with E-state index in [-0.39, 0.29) is 23.2 Å². The van der Waals surface area contributed by atoms with E-state index in [1.165, 1.54) is 0 Å². The van der Waals surface area contributed by atoms with Crippen molar-refractivity contribution < 1.29 is 14.7 Å². The van der Waals surface area contributed by atoms with E-state index in [0.29, 0.717) is 42.0 Å². The Morgan fingerprint density at radius 1 is 1.17 bits per heavy atom. The van der Waals surface area contributed by atoms with Gasteiger partial charge in [-0.25, -0.2) is 14.8 Å². The van der Waals surface area contributed by atoms with Gasteiger partial charge in [0, 0.05) is 31.4 Å². The van der Waals surface area contributed by atoms with Crippen LogP contribution in [0.3, 0.4) is 0 Å². The summed E-state index contributed by atoms with van der Waals surface area (Å²) in [4.78, 5) is 38.6. The molecule has 0 radical (unpaired) electrons. The van der Waals surface area contributed by atoms with Crippen LogP contribution in [-0.4, -0.2) is 51.5 Å². The Bertz CT molecular complexity index is 1650. The Kier molecular flexibility index (Phi) is 7.83. The molecule has 41 heavy (non-hydrogen) atoms. The number of nitriles is 1. The zero-order chi connectivity index (χ0) is 29.1. The number of anilines is 2. The zero-order valence-corrected chi connectivity index (χ0v) is 23.3. The standard InChI is InChI=1S/C32H32N6O3/c1-20-16-24(21(2)34-25-13-8-7-12-23(25)32(40)41)29-26(17-20)35-27(18-33)30(36-29)37(3)28-14-9-15-38(31(28)39)19-22-10-5-4-6-11-22/h4-8,10-13,16-17,21,28,34H,9,14-15,19H2,1-3H3,(H,40,41)/t21-,28?/m1/s1. The lowest BCUT2D eigenvalue weighted by atomic mass is 10.0. The molecule has 0 saturated carbocycles. The summed E-state index contributed by atoms with van der Waals surface area (Å²) in [5.74, 6) is -0.670. The Labute approximate surface area is 239 Å². The van der Waals surface area contributed by atoms with Gasteiger partial charge in [0.2, 0.25) is 5.91 Å². The molecule has 1 amide bonds. The first-order chi connectivity index (χ1) is 19.8. The molecule has 1 saturated heterocycles. The van der Waals surface area contributed by atoms with Crippen molar-refractivity contribution in [3.8, 4) is 6.07 Å². The quantitative estimate of drug-likeness (QED) is 0.304. The van der Waals surface area contributed by atoms with Crippen LogP contribution in [0.15, 0.2) is 66.7 Å². The van der Waals surface area contributed by atoms with Crippen LogP contribution in [0.2, 0.25) is 0 Å². The van der Waals surface area contributed by atoms with Crippen LogP contribution in [0.4, 0.5) is 11.5 Å². The van der Waals surface area contributed by atoms with Crippen molar-refractivity contribution in [1.29, 1.82) is 5.26 Å². The van der Waals surface area contributed by atoms with Gasteiger partial charge in [0.1, 0.15) is 12.1 Å². The second-order valence-corrected chi connectivity index (χ2v) is 10.5. The summed E-state index contributed by atoms with van der Waals surface area (Å²) >= 11 is 0. The molecule has 1 aliphatic rings. The van der Waals surface area contributed by atoms with Crippen molar-refractivity contribution in [2.45, 2.75) is 45.3 Å². The number of piperidine rings is 1. The molecule has 1 unspecified atom stereocenters. The molecule has 1 fully saturated rings. The molecular weight excluding hydrogens is 516 g/mol. The minimum Gasteiger partial charge on any atom is -0.478 e. The van der Waals surface area contributed by atoms with E-state index >= 15 is 0 Å². The fourth-order valence-electron chi connectivity index (χ4n) is 5.47. The van der Waals surface area contributed by atoms with Crippen LogP contribution in [-0.2, 0) is 11.3 Å². The number of nitrogens with one attached hydrogen (secondary N) is 1. The van der Waals surface area contributed by atoms with E-state index in [4.69, 9.17) is 4.98 Å². The van der Waals surface area contributed by atoms with Gasteiger partial charge in [-0.1, -0.05) is 48.5 Å². The van der Waals surface area contributed by atoms with Crippen molar-refractivity contribution in [2.75, 3.05) is 23.8 Å². The van der Waals surface area contributed by atoms with Crippen molar-refractivity contribution in [3.63, 3.8) is 0 Å². The Hall–Kier alpha value is -4.97. The number of amides is 1. The molecule has 3 aromatic carbocycles. The third kappa shape index (κ3) is 5.68. The number of aryl methyl sites for hydroxylation is 1. The molecule has 0 aliphatic carbocycles. The predicted molar refractivity (Wildman–Crippen MR) is 158 cm³/mol. The average molecular weight is 549 g/mol. The second kappa shape index (κ2) is 11.6. The van der Waals surface area contributed by atoms with Gasteiger partial charge in [-0.2, -0.15) is 5.26 Å². The molecule has 208 valence electrons. The lowest BCUT2D eigenvalue weighted by Crippen LogP contribution is -2.51. The molecule has 9 nitrogen and oxygen atoms in total. The normalized spacial score (nSPS) is 15.8. The van der Waals surface area contributed by atoms with Crippen LogP contribution in [0.5, 0.6) is 0 Å². The summed E-state index contributed by atoms with van der Waals surface area (Å²) in [7, 11) is 1.80. The van der Waals surface area contributed by atoms with E-state index < -0.39 is 12.0 Å². The number of para-hydroxylation sites is 1. The maximum atomic E-state index is 13.6. The molecule has 9 heteroatoms. The highest BCUT2D eigenvalue weighted by atomic mass is 16.4. The number of nitrogens with zero attached hydrogens (tertiary/aromatic N) is 5. The number of aromatic carboxylic acids is 1. The molecule has 0 spiro atoms. The molecule has 1 aromatic heterocycles. The summed E-state index contributed by atoms with van der Waals surface area (Å²) in [5, 5.41) is 23.0. The lowest BCUT2D eigenvalue weighted by molar-refractivity contribution is -0.135. The fraction of sp³-hybridized carbons (Fsp3) is 0.281. The van der Waals surface area contributed by atoms with Gasteiger partial charge in [-0.05, 0) is 56.0 Å². The maximum Gasteiger partial charge on any atom is 0.337 e. The topological polar surface area (TPSA) is 122 Å². The molecule has 2 heterocycles. The second-order valence-electron chi connectivity index (χ2n) is 10.5. The smallest absolute Gasteiger partial charge is 0.337 e. The average Bonchev–Trinajstić information content (AvgIpc) is 2.97. The van der Waals surface area contributed by atoms with Crippen LogP contribution in [0.1, 0.15) is 58.5 Å². The number of hydrogen-bond donors (Lipinski definition) is 2. The number of carbonyl (C=O) groups excluding carboxylic acids is 1. The minimum absolute atomic E-state index is 0.00201. The van der Waals surface area contributed by atoms with Gasteiger partial charge in [-0.3, -0.25) is 4.79 Å². The number of hydrogen-bond acceptors (Lipinski definition) is 7. The molecule has 4 aromatic rings. The summed E-state index contributed by atoms with van der Waals surface area (Å²) in [6.45, 7) is 5.08. The van der Waals surface area contributed by atoms with Crippen molar-refractivity contribution in [3.05, 3.63) is 94.7 Å². The third-order valence-electron chi connectivity index (χ3n) is 7.55. The monoisotopic (exact) mass is 548 g/mol. The van der Waals surface area contributed by atoms with E-state index in [1.807, 2.05) is 61.2 Å². The van der Waals surface area contributed by atoms with E-state index in [1.54, 1.807) is 36.2 Å². The highest BCUT2D eigenvalue weighted by Crippen LogP contribution is 2.31. The van der Waals surface area contributed by atoms with Crippen molar-refractivity contribution >= 4 is 34.4 Å². The van der Waals surface area contributed by atoms with Gasteiger partial charge < -0.3 is 20.2 Å². The molecule has 2 atom stereocenters. The van der Waals surface area contributed by atoms with Crippen molar-refractivity contribution in [1.82, 2.24) is 14.9 Å². The number of rotatable bonds is 8. The Morgan fingerprint density at radius 2 is 1.90 bits per heavy atom. The number of fused-ring (bicyclic) bond motifs is 1. The zero-order valence-electron chi connectivity index (χ0n) is 23.3. The first-order valence-corrected chi connectivity index (χ1v) is 13.6. The number of aromatic nitrogens is 2. The first-order valence-electron chi connectivity index (χ1n) is 13.6. The van der Waals surface area contributed by atoms with Crippen LogP contribution in [0.25, 0.3) is 11.0 Å². The largest absolute Gasteiger partial charge is 0.478 e. The number of carboxylic acid groups (broad SMARTS) is 1. The maximum absolute atomic E-state index is 13.6. The Balaban J connectivity index is 1.50. The van der Waals surface area contributed by atoms with Crippen LogP contribution >= 0.6 is 0 Å². The predicted octanol–water partition coefficient (Wildman–Crippen LogP) is 5.31. The number of likely N-dealkylation sites (N-methyl/N-ethyl adjacent to an activating group) is 1. The number of carbonyl (C=O) groups is 2. The fourth-order valence-corrected chi connectivity index (χ4v) is 5.47. The van der Waals surface area contributed by atoms with Crippen LogP contribution in [0, 0.1) is 18.3 Å². The van der Waals surface area contributed by atoms with Crippen LogP contribution < -0.4 is 10.2 Å². The summed E-state index contributed by atoms with van der Waals surface area (Å²) in [5.41, 5.74) is 4.79. The van der Waals surface area contributed by atoms with Gasteiger partial charge in [-0.15, -0.1) is 0 Å². The van der Waals surface area contributed by atoms with Gasteiger partial charge in [0.25, 0.3) is 0 Å². The molecule has 2 N–H and O–H groups in total. The third-order valence-corrected chi connectivity index (χ3v) is 7.55. The number of benzene rings is 3. The molecular formula is C32H32N6O3. The Morgan fingerprint density at radius 3 is 2.63 bits per heavy atom. The van der Waals surface area contributed by atoms with Gasteiger partial charge in [0.05, 0.1) is 22.6 Å². The number of likely N-dealkylation sites (tertiary alicyclic amines) is 1. The highest BCUT2D eigenvalue weighted by molar-refractivity contribution is 5.94. The van der Waals surface area contributed by atoms with Gasteiger partial charge in [0.15, 0.2) is 11.5 Å². The van der Waals surface area contributed by atoms with E-state index in [9.17, 15) is 20.0 Å². The number of carboxylic acids is 1.